The second-order valence-electron chi connectivity index (χ2n) is 6.68. The van der Waals surface area contributed by atoms with Crippen LogP contribution in [0.1, 0.15) is 27.0 Å². The molecule has 0 saturated heterocycles. The highest BCUT2D eigenvalue weighted by Crippen LogP contribution is 2.38. The predicted molar refractivity (Wildman–Crippen MR) is 116 cm³/mol. The summed E-state index contributed by atoms with van der Waals surface area (Å²) in [5.41, 5.74) is 3.22. The topological polar surface area (TPSA) is 44.8 Å². The van der Waals surface area contributed by atoms with Gasteiger partial charge in [0.1, 0.15) is 23.9 Å². The van der Waals surface area contributed by atoms with Crippen molar-refractivity contribution in [3.8, 4) is 17.2 Å². The van der Waals surface area contributed by atoms with E-state index in [-0.39, 0.29) is 5.78 Å². The van der Waals surface area contributed by atoms with E-state index in [2.05, 4.69) is 15.9 Å². The average Bonchev–Trinajstić information content (AvgIpc) is 3.04. The molecular formula is C24H19BrO4. The number of benzene rings is 3. The molecule has 146 valence electrons. The zero-order valence-electron chi connectivity index (χ0n) is 16.1. The van der Waals surface area contributed by atoms with E-state index in [9.17, 15) is 4.79 Å². The Bertz CT molecular complexity index is 1120. The van der Waals surface area contributed by atoms with Crippen LogP contribution in [0.15, 0.2) is 70.9 Å². The van der Waals surface area contributed by atoms with Gasteiger partial charge in [0.05, 0.1) is 12.7 Å². The van der Waals surface area contributed by atoms with Crippen LogP contribution in [-0.2, 0) is 6.61 Å². The summed E-state index contributed by atoms with van der Waals surface area (Å²) in [6, 6.07) is 19.0. The summed E-state index contributed by atoms with van der Waals surface area (Å²) in [5.74, 6) is 2.11. The van der Waals surface area contributed by atoms with Crippen LogP contribution in [0.25, 0.3) is 6.08 Å². The highest BCUT2D eigenvalue weighted by molar-refractivity contribution is 9.10. The molecule has 0 saturated carbocycles. The van der Waals surface area contributed by atoms with Gasteiger partial charge in [-0.15, -0.1) is 0 Å². The number of allylic oxidation sites excluding steroid dienone is 1. The van der Waals surface area contributed by atoms with Crippen LogP contribution in [0.4, 0.5) is 0 Å². The fourth-order valence-corrected chi connectivity index (χ4v) is 3.68. The summed E-state index contributed by atoms with van der Waals surface area (Å²) in [5, 5.41) is 0. The molecule has 1 aliphatic rings. The van der Waals surface area contributed by atoms with Crippen molar-refractivity contribution in [2.45, 2.75) is 13.5 Å². The molecule has 0 aromatic heterocycles. The van der Waals surface area contributed by atoms with E-state index in [0.29, 0.717) is 29.4 Å². The van der Waals surface area contributed by atoms with Crippen LogP contribution in [0.2, 0.25) is 0 Å². The molecule has 0 N–H and O–H groups in total. The minimum Gasteiger partial charge on any atom is -0.496 e. The molecule has 3 aromatic rings. The van der Waals surface area contributed by atoms with Gasteiger partial charge >= 0.3 is 0 Å². The number of halogens is 1. The third-order valence-electron chi connectivity index (χ3n) is 4.72. The largest absolute Gasteiger partial charge is 0.496 e. The summed E-state index contributed by atoms with van der Waals surface area (Å²) in [7, 11) is 1.64. The number of fused-ring (bicyclic) bond motifs is 1. The van der Waals surface area contributed by atoms with E-state index in [1.165, 1.54) is 0 Å². The zero-order chi connectivity index (χ0) is 20.4. The van der Waals surface area contributed by atoms with Gasteiger partial charge in [0.2, 0.25) is 5.78 Å². The number of aryl methyl sites for hydroxylation is 1. The van der Waals surface area contributed by atoms with E-state index in [1.807, 2.05) is 61.5 Å². The minimum absolute atomic E-state index is 0.121. The van der Waals surface area contributed by atoms with E-state index in [0.717, 1.165) is 26.9 Å². The van der Waals surface area contributed by atoms with Crippen molar-refractivity contribution in [1.29, 1.82) is 0 Å². The normalized spacial score (nSPS) is 13.9. The Balaban J connectivity index is 1.59. The number of methoxy groups -OCH3 is 1. The van der Waals surface area contributed by atoms with Crippen molar-refractivity contribution in [2.24, 2.45) is 0 Å². The Morgan fingerprint density at radius 3 is 2.62 bits per heavy atom. The Morgan fingerprint density at radius 1 is 1.07 bits per heavy atom. The van der Waals surface area contributed by atoms with E-state index >= 15 is 0 Å². The average molecular weight is 451 g/mol. The molecule has 4 rings (SSSR count). The van der Waals surface area contributed by atoms with Crippen LogP contribution < -0.4 is 14.2 Å². The monoisotopic (exact) mass is 450 g/mol. The van der Waals surface area contributed by atoms with E-state index in [1.54, 1.807) is 19.3 Å². The van der Waals surface area contributed by atoms with Gasteiger partial charge in [0.15, 0.2) is 5.76 Å². The molecule has 0 fully saturated rings. The quantitative estimate of drug-likeness (QED) is 0.449. The number of Topliss-reactive ketones (excluding diaryl/α,β-unsaturated/α-hetero) is 1. The van der Waals surface area contributed by atoms with Crippen LogP contribution >= 0.6 is 15.9 Å². The van der Waals surface area contributed by atoms with Crippen LogP contribution in [0, 0.1) is 6.92 Å². The molecule has 0 amide bonds. The smallest absolute Gasteiger partial charge is 0.232 e. The molecule has 4 nitrogen and oxygen atoms in total. The van der Waals surface area contributed by atoms with Gasteiger partial charge < -0.3 is 14.2 Å². The Hall–Kier alpha value is -3.05. The lowest BCUT2D eigenvalue weighted by Gasteiger charge is -2.11. The van der Waals surface area contributed by atoms with Gasteiger partial charge in [0.25, 0.3) is 0 Å². The Labute approximate surface area is 177 Å². The number of hydrogen-bond acceptors (Lipinski definition) is 4. The molecule has 1 aliphatic heterocycles. The number of para-hydroxylation sites is 1. The number of carbonyl (C=O) groups excluding carboxylic acids is 1. The van der Waals surface area contributed by atoms with Gasteiger partial charge in [-0.3, -0.25) is 4.79 Å². The molecule has 0 atom stereocenters. The first-order valence-electron chi connectivity index (χ1n) is 9.15. The fourth-order valence-electron chi connectivity index (χ4n) is 3.28. The number of hydrogen-bond donors (Lipinski definition) is 0. The molecule has 1 heterocycles. The lowest BCUT2D eigenvalue weighted by molar-refractivity contribution is 0.101. The van der Waals surface area contributed by atoms with Crippen LogP contribution in [0.5, 0.6) is 17.2 Å². The Morgan fingerprint density at radius 2 is 1.83 bits per heavy atom. The van der Waals surface area contributed by atoms with E-state index in [4.69, 9.17) is 14.2 Å². The summed E-state index contributed by atoms with van der Waals surface area (Å²) in [6.07, 6.45) is 1.75. The summed E-state index contributed by atoms with van der Waals surface area (Å²) in [4.78, 5) is 12.8. The minimum atomic E-state index is -0.121. The second-order valence-corrected chi connectivity index (χ2v) is 7.53. The summed E-state index contributed by atoms with van der Waals surface area (Å²) in [6.45, 7) is 2.24. The molecule has 0 aliphatic carbocycles. The first kappa shape index (κ1) is 19.3. The molecule has 3 aromatic carbocycles. The van der Waals surface area contributed by atoms with Crippen molar-refractivity contribution >= 4 is 27.8 Å². The summed E-state index contributed by atoms with van der Waals surface area (Å²) >= 11 is 3.50. The van der Waals surface area contributed by atoms with Gasteiger partial charge in [-0.05, 0) is 42.3 Å². The predicted octanol–water partition coefficient (Wildman–Crippen LogP) is 5.96. The highest BCUT2D eigenvalue weighted by Gasteiger charge is 2.30. The maximum atomic E-state index is 12.8. The maximum absolute atomic E-state index is 12.8. The number of rotatable bonds is 5. The molecule has 0 unspecified atom stereocenters. The Kier molecular flexibility index (Phi) is 5.41. The third kappa shape index (κ3) is 3.91. The first-order chi connectivity index (χ1) is 14.1. The lowest BCUT2D eigenvalue weighted by Crippen LogP contribution is -2.00. The van der Waals surface area contributed by atoms with Crippen molar-refractivity contribution < 1.29 is 19.0 Å². The molecular weight excluding hydrogens is 432 g/mol. The van der Waals surface area contributed by atoms with Crippen LogP contribution in [0.3, 0.4) is 0 Å². The molecule has 5 heteroatoms. The third-order valence-corrected chi connectivity index (χ3v) is 5.44. The van der Waals surface area contributed by atoms with Crippen molar-refractivity contribution in [3.05, 3.63) is 93.1 Å². The van der Waals surface area contributed by atoms with Gasteiger partial charge in [0, 0.05) is 16.1 Å². The van der Waals surface area contributed by atoms with Crippen molar-refractivity contribution in [2.75, 3.05) is 7.11 Å². The number of carbonyl (C=O) groups is 1. The number of ether oxygens (including phenoxy) is 3. The summed E-state index contributed by atoms with van der Waals surface area (Å²) < 4.78 is 18.1. The molecule has 0 bridgehead atoms. The zero-order valence-corrected chi connectivity index (χ0v) is 17.7. The maximum Gasteiger partial charge on any atom is 0.232 e. The van der Waals surface area contributed by atoms with Crippen LogP contribution in [-0.4, -0.2) is 12.9 Å². The van der Waals surface area contributed by atoms with Gasteiger partial charge in [-0.25, -0.2) is 0 Å². The van der Waals surface area contributed by atoms with Crippen molar-refractivity contribution in [3.63, 3.8) is 0 Å². The van der Waals surface area contributed by atoms with Gasteiger partial charge in [-0.2, -0.15) is 0 Å². The van der Waals surface area contributed by atoms with E-state index < -0.39 is 0 Å². The molecule has 29 heavy (non-hydrogen) atoms. The first-order valence-corrected chi connectivity index (χ1v) is 9.94. The molecule has 0 radical (unpaired) electrons. The lowest BCUT2D eigenvalue weighted by atomic mass is 10.0. The molecule has 0 spiro atoms. The van der Waals surface area contributed by atoms with Gasteiger partial charge in [-0.1, -0.05) is 52.3 Å². The van der Waals surface area contributed by atoms with Crippen molar-refractivity contribution in [1.82, 2.24) is 0 Å². The fraction of sp³-hybridized carbons (Fsp3) is 0.125. The standard InChI is InChI=1S/C24H19BrO4/c1-15-11-18(28-14-17-8-4-6-10-20(17)27-2)13-21-23(15)24(26)22(29-21)12-16-7-3-5-9-19(16)25/h3-13H,14H2,1-2H3/b22-12-. The highest BCUT2D eigenvalue weighted by atomic mass is 79.9. The number of ketones is 1. The SMILES string of the molecule is COc1ccccc1COc1cc(C)c2c(c1)O/C(=C\c1ccccc1Br)C2=O. The second kappa shape index (κ2) is 8.13.